The van der Waals surface area contributed by atoms with Crippen LogP contribution in [0.15, 0.2) is 0 Å². The first-order valence-corrected chi connectivity index (χ1v) is 7.58. The summed E-state index contributed by atoms with van der Waals surface area (Å²) >= 11 is 0. The molecule has 0 aromatic rings. The number of rotatable bonds is 5. The fourth-order valence-corrected chi connectivity index (χ4v) is 2.74. The highest BCUT2D eigenvalue weighted by atomic mass is 16.8. The molecule has 0 spiro atoms. The van der Waals surface area contributed by atoms with Crippen LogP contribution in [0.5, 0.6) is 0 Å². The van der Waals surface area contributed by atoms with Crippen molar-refractivity contribution in [1.82, 2.24) is 0 Å². The van der Waals surface area contributed by atoms with Crippen molar-refractivity contribution in [2.45, 2.75) is 71.1 Å². The zero-order valence-corrected chi connectivity index (χ0v) is 14.3. The Morgan fingerprint density at radius 1 is 1.04 bits per heavy atom. The molecule has 0 N–H and O–H groups in total. The zero-order valence-electron chi connectivity index (χ0n) is 14.3. The molecular formula is C15H22O9. The highest BCUT2D eigenvalue weighted by molar-refractivity contribution is 5.67. The molecule has 9 nitrogen and oxygen atoms in total. The molecule has 0 aromatic carbocycles. The summed E-state index contributed by atoms with van der Waals surface area (Å²) in [5, 5.41) is 0. The number of ether oxygens (including phenoxy) is 6. The summed E-state index contributed by atoms with van der Waals surface area (Å²) in [5.41, 5.74) is 0. The maximum Gasteiger partial charge on any atom is 0.303 e. The molecule has 24 heavy (non-hydrogen) atoms. The van der Waals surface area contributed by atoms with E-state index in [4.69, 9.17) is 28.4 Å². The van der Waals surface area contributed by atoms with E-state index in [1.54, 1.807) is 13.8 Å². The summed E-state index contributed by atoms with van der Waals surface area (Å²) in [5.74, 6) is -2.57. The molecule has 136 valence electrons. The number of esters is 3. The Bertz CT molecular complexity index is 515. The van der Waals surface area contributed by atoms with E-state index in [0.29, 0.717) is 0 Å². The Labute approximate surface area is 139 Å². The molecule has 2 aliphatic heterocycles. The molecule has 9 heteroatoms. The summed E-state index contributed by atoms with van der Waals surface area (Å²) in [6.45, 7) is 6.87. The van der Waals surface area contributed by atoms with Crippen LogP contribution in [0.3, 0.4) is 0 Å². The second kappa shape index (κ2) is 7.04. The zero-order chi connectivity index (χ0) is 18.1. The van der Waals surface area contributed by atoms with Crippen molar-refractivity contribution >= 4 is 17.9 Å². The van der Waals surface area contributed by atoms with E-state index >= 15 is 0 Å². The van der Waals surface area contributed by atoms with Crippen molar-refractivity contribution in [2.24, 2.45) is 0 Å². The van der Waals surface area contributed by atoms with E-state index in [1.165, 1.54) is 20.8 Å². The average Bonchev–Trinajstić information content (AvgIpc) is 2.87. The molecule has 2 aliphatic rings. The molecule has 0 aromatic heterocycles. The summed E-state index contributed by atoms with van der Waals surface area (Å²) in [6, 6.07) is 0. The van der Waals surface area contributed by atoms with E-state index in [2.05, 4.69) is 0 Å². The third-order valence-electron chi connectivity index (χ3n) is 3.46. The van der Waals surface area contributed by atoms with Gasteiger partial charge in [-0.2, -0.15) is 0 Å². The van der Waals surface area contributed by atoms with Crippen LogP contribution in [0.2, 0.25) is 0 Å². The van der Waals surface area contributed by atoms with E-state index in [9.17, 15) is 14.4 Å². The van der Waals surface area contributed by atoms with Gasteiger partial charge in [0.05, 0.1) is 0 Å². The van der Waals surface area contributed by atoms with Crippen LogP contribution in [0.4, 0.5) is 0 Å². The van der Waals surface area contributed by atoms with Gasteiger partial charge in [-0.3, -0.25) is 14.4 Å². The summed E-state index contributed by atoms with van der Waals surface area (Å²) in [6.07, 6.45) is -4.18. The fourth-order valence-electron chi connectivity index (χ4n) is 2.74. The summed E-state index contributed by atoms with van der Waals surface area (Å²) in [4.78, 5) is 33.8. The lowest BCUT2D eigenvalue weighted by molar-refractivity contribution is -0.234. The van der Waals surface area contributed by atoms with Crippen molar-refractivity contribution < 1.29 is 42.8 Å². The molecule has 2 heterocycles. The minimum absolute atomic E-state index is 0.236. The molecule has 0 bridgehead atoms. The van der Waals surface area contributed by atoms with Gasteiger partial charge in [0.2, 0.25) is 0 Å². The first-order chi connectivity index (χ1) is 11.1. The van der Waals surface area contributed by atoms with Crippen molar-refractivity contribution in [2.75, 3.05) is 6.61 Å². The normalized spacial score (nSPS) is 31.9. The van der Waals surface area contributed by atoms with E-state index < -0.39 is 54.4 Å². The van der Waals surface area contributed by atoms with Crippen molar-refractivity contribution in [3.63, 3.8) is 0 Å². The fraction of sp³-hybridized carbons (Fsp3) is 0.800. The lowest BCUT2D eigenvalue weighted by atomic mass is 10.1. The largest absolute Gasteiger partial charge is 0.462 e. The highest BCUT2D eigenvalue weighted by Gasteiger charge is 2.59. The van der Waals surface area contributed by atoms with Gasteiger partial charge in [0.25, 0.3) is 0 Å². The molecule has 0 saturated carbocycles. The summed E-state index contributed by atoms with van der Waals surface area (Å²) < 4.78 is 32.5. The maximum atomic E-state index is 11.4. The van der Waals surface area contributed by atoms with Gasteiger partial charge in [-0.05, 0) is 13.8 Å². The molecular weight excluding hydrogens is 324 g/mol. The Hall–Kier alpha value is -1.71. The molecule has 2 rings (SSSR count). The van der Waals surface area contributed by atoms with Gasteiger partial charge in [0.1, 0.15) is 12.7 Å². The second-order valence-corrected chi connectivity index (χ2v) is 6.09. The highest BCUT2D eigenvalue weighted by Crippen LogP contribution is 2.40. The summed E-state index contributed by atoms with van der Waals surface area (Å²) in [7, 11) is 0. The first-order valence-electron chi connectivity index (χ1n) is 7.58. The van der Waals surface area contributed by atoms with Crippen LogP contribution in [-0.2, 0) is 42.8 Å². The lowest BCUT2D eigenvalue weighted by Crippen LogP contribution is -2.47. The number of hydrogen-bond acceptors (Lipinski definition) is 9. The van der Waals surface area contributed by atoms with Crippen molar-refractivity contribution in [1.29, 1.82) is 0 Å². The Morgan fingerprint density at radius 3 is 2.25 bits per heavy atom. The number of fused-ring (bicyclic) bond motifs is 1. The van der Waals surface area contributed by atoms with Crippen molar-refractivity contribution in [3.8, 4) is 0 Å². The Kier molecular flexibility index (Phi) is 5.46. The molecule has 2 fully saturated rings. The SMILES string of the molecule is CC(=O)OC[C@@H](OC(C)=O)[C@H]1O[C@@H]2OC(C)(C)O[C@@H]2[C@@H]1OC(C)=O. The van der Waals surface area contributed by atoms with Gasteiger partial charge < -0.3 is 28.4 Å². The number of carbonyl (C=O) groups excluding carboxylic acids is 3. The topological polar surface area (TPSA) is 107 Å². The average molecular weight is 346 g/mol. The van der Waals surface area contributed by atoms with Gasteiger partial charge in [0, 0.05) is 20.8 Å². The third kappa shape index (κ3) is 4.43. The van der Waals surface area contributed by atoms with E-state index in [0.717, 1.165) is 0 Å². The van der Waals surface area contributed by atoms with E-state index in [-0.39, 0.29) is 6.61 Å². The predicted molar refractivity (Wildman–Crippen MR) is 76.4 cm³/mol. The van der Waals surface area contributed by atoms with Crippen LogP contribution in [0, 0.1) is 0 Å². The number of hydrogen-bond donors (Lipinski definition) is 0. The Balaban J connectivity index is 2.19. The minimum Gasteiger partial charge on any atom is -0.462 e. The molecule has 0 radical (unpaired) electrons. The molecule has 0 aliphatic carbocycles. The van der Waals surface area contributed by atoms with Crippen LogP contribution in [-0.4, -0.2) is 61.0 Å². The van der Waals surface area contributed by atoms with Crippen LogP contribution in [0.25, 0.3) is 0 Å². The molecule has 0 amide bonds. The second-order valence-electron chi connectivity index (χ2n) is 6.09. The molecule has 2 saturated heterocycles. The van der Waals surface area contributed by atoms with E-state index in [1.807, 2.05) is 0 Å². The third-order valence-corrected chi connectivity index (χ3v) is 3.46. The first kappa shape index (κ1) is 18.6. The predicted octanol–water partition coefficient (Wildman–Crippen LogP) is 0.289. The van der Waals surface area contributed by atoms with Crippen LogP contribution >= 0.6 is 0 Å². The van der Waals surface area contributed by atoms with Crippen LogP contribution in [0.1, 0.15) is 34.6 Å². The van der Waals surface area contributed by atoms with Gasteiger partial charge >= 0.3 is 17.9 Å². The van der Waals surface area contributed by atoms with Crippen LogP contribution < -0.4 is 0 Å². The smallest absolute Gasteiger partial charge is 0.303 e. The van der Waals surface area contributed by atoms with Gasteiger partial charge in [-0.15, -0.1) is 0 Å². The molecule has 0 unspecified atom stereocenters. The lowest BCUT2D eigenvalue weighted by Gasteiger charge is -2.29. The van der Waals surface area contributed by atoms with Crippen molar-refractivity contribution in [3.05, 3.63) is 0 Å². The van der Waals surface area contributed by atoms with Gasteiger partial charge in [-0.25, -0.2) is 0 Å². The monoisotopic (exact) mass is 346 g/mol. The molecule has 5 atom stereocenters. The quantitative estimate of drug-likeness (QED) is 0.513. The Morgan fingerprint density at radius 2 is 1.71 bits per heavy atom. The van der Waals surface area contributed by atoms with Gasteiger partial charge in [-0.1, -0.05) is 0 Å². The maximum absolute atomic E-state index is 11.4. The van der Waals surface area contributed by atoms with Gasteiger partial charge in [0.15, 0.2) is 30.4 Å². The number of carbonyl (C=O) groups is 3. The minimum atomic E-state index is -0.961. The standard InChI is InChI=1S/C15H22O9/c1-7(16)19-6-10(20-8(2)17)11-12(21-9(3)18)13-14(22-11)24-15(4,5)23-13/h10-14H,6H2,1-5H3/t10-,11-,12-,13-,14-/m1/s1.